The molecule has 1 atom stereocenters. The predicted octanol–water partition coefficient (Wildman–Crippen LogP) is 3.10. The third-order valence-corrected chi connectivity index (χ3v) is 4.56. The molecule has 0 spiro atoms. The van der Waals surface area contributed by atoms with Crippen LogP contribution in [0.25, 0.3) is 0 Å². The topological polar surface area (TPSA) is 33.5 Å². The van der Waals surface area contributed by atoms with Gasteiger partial charge in [0.05, 0.1) is 22.1 Å². The lowest BCUT2D eigenvalue weighted by atomic mass is 10.3. The fourth-order valence-electron chi connectivity index (χ4n) is 1.99. The van der Waals surface area contributed by atoms with Crippen LogP contribution >= 0.6 is 34.5 Å². The van der Waals surface area contributed by atoms with E-state index in [0.29, 0.717) is 22.3 Å². The number of carbonyl (C=O) groups is 1. The van der Waals surface area contributed by atoms with Gasteiger partial charge in [0.25, 0.3) is 5.91 Å². The summed E-state index contributed by atoms with van der Waals surface area (Å²) >= 11 is 13.7. The van der Waals surface area contributed by atoms with Gasteiger partial charge in [-0.25, -0.2) is 0 Å². The van der Waals surface area contributed by atoms with Gasteiger partial charge < -0.3 is 10.2 Å². The van der Waals surface area contributed by atoms with Gasteiger partial charge in [-0.15, -0.1) is 11.3 Å². The average molecular weight is 344 g/mol. The van der Waals surface area contributed by atoms with Gasteiger partial charge in [0.1, 0.15) is 6.54 Å². The zero-order valence-electron chi connectivity index (χ0n) is 11.7. The summed E-state index contributed by atoms with van der Waals surface area (Å²) < 4.78 is 0. The Balaban J connectivity index is 1.95. The van der Waals surface area contributed by atoms with Crippen molar-refractivity contribution in [1.29, 1.82) is 0 Å². The minimum absolute atomic E-state index is 0.0624. The fraction of sp³-hybridized carbons (Fsp3) is 0.267. The maximum atomic E-state index is 12.1. The van der Waals surface area contributed by atoms with Gasteiger partial charge in [-0.3, -0.25) is 4.79 Å². The second-order valence-electron chi connectivity index (χ2n) is 4.71. The molecule has 0 saturated carbocycles. The molecular formula is C15H17Cl2N2OS+. The molecule has 21 heavy (non-hydrogen) atoms. The number of rotatable bonds is 6. The molecule has 1 unspecified atom stereocenters. The van der Waals surface area contributed by atoms with Gasteiger partial charge in [0.2, 0.25) is 0 Å². The van der Waals surface area contributed by atoms with Crippen LogP contribution in [0.3, 0.4) is 0 Å². The van der Waals surface area contributed by atoms with E-state index in [1.54, 1.807) is 29.5 Å². The molecule has 1 amide bonds. The lowest BCUT2D eigenvalue weighted by Crippen LogP contribution is -3.11. The Morgan fingerprint density at radius 1 is 1.33 bits per heavy atom. The van der Waals surface area contributed by atoms with Crippen LogP contribution in [0.4, 0.5) is 5.69 Å². The first-order valence-corrected chi connectivity index (χ1v) is 8.33. The quantitative estimate of drug-likeness (QED) is 0.830. The van der Waals surface area contributed by atoms with Gasteiger partial charge in [-0.05, 0) is 36.6 Å². The van der Waals surface area contributed by atoms with E-state index < -0.39 is 0 Å². The van der Waals surface area contributed by atoms with Gasteiger partial charge >= 0.3 is 0 Å². The summed E-state index contributed by atoms with van der Waals surface area (Å²) in [6.45, 7) is 4.21. The van der Waals surface area contributed by atoms with Crippen molar-refractivity contribution in [3.63, 3.8) is 0 Å². The van der Waals surface area contributed by atoms with E-state index in [4.69, 9.17) is 23.2 Å². The third-order valence-electron chi connectivity index (χ3n) is 3.12. The lowest BCUT2D eigenvalue weighted by Gasteiger charge is -2.16. The Hall–Kier alpha value is -1.07. The van der Waals surface area contributed by atoms with Crippen molar-refractivity contribution in [2.75, 3.05) is 18.4 Å². The molecule has 112 valence electrons. The summed E-state index contributed by atoms with van der Waals surface area (Å²) in [7, 11) is 0. The molecule has 6 heteroatoms. The first-order chi connectivity index (χ1) is 10.1. The highest BCUT2D eigenvalue weighted by molar-refractivity contribution is 7.09. The van der Waals surface area contributed by atoms with Crippen LogP contribution in [-0.2, 0) is 11.3 Å². The Kier molecular flexibility index (Phi) is 6.06. The highest BCUT2D eigenvalue weighted by Gasteiger charge is 2.15. The van der Waals surface area contributed by atoms with Crippen molar-refractivity contribution in [3.8, 4) is 0 Å². The number of amides is 1. The number of halogens is 2. The number of benzene rings is 1. The first kappa shape index (κ1) is 16.3. The number of quaternary nitrogens is 1. The number of hydrogen-bond acceptors (Lipinski definition) is 2. The Morgan fingerprint density at radius 2 is 2.14 bits per heavy atom. The molecule has 2 N–H and O–H groups in total. The highest BCUT2D eigenvalue weighted by Crippen LogP contribution is 2.25. The van der Waals surface area contributed by atoms with Crippen molar-refractivity contribution in [3.05, 3.63) is 50.6 Å². The minimum Gasteiger partial charge on any atom is -0.323 e. The van der Waals surface area contributed by atoms with E-state index >= 15 is 0 Å². The lowest BCUT2D eigenvalue weighted by molar-refractivity contribution is -0.903. The molecule has 0 aliphatic heterocycles. The zero-order chi connectivity index (χ0) is 15.2. The largest absolute Gasteiger partial charge is 0.323 e. The molecule has 2 aromatic rings. The molecule has 0 aliphatic rings. The highest BCUT2D eigenvalue weighted by atomic mass is 35.5. The summed E-state index contributed by atoms with van der Waals surface area (Å²) in [6, 6.07) is 9.15. The van der Waals surface area contributed by atoms with Crippen LogP contribution in [0.1, 0.15) is 11.8 Å². The number of hydrogen-bond donors (Lipinski definition) is 2. The molecule has 1 aromatic carbocycles. The minimum atomic E-state index is -0.0624. The maximum Gasteiger partial charge on any atom is 0.279 e. The monoisotopic (exact) mass is 343 g/mol. The van der Waals surface area contributed by atoms with Gasteiger partial charge in [0, 0.05) is 5.02 Å². The second-order valence-corrected chi connectivity index (χ2v) is 6.58. The van der Waals surface area contributed by atoms with Crippen molar-refractivity contribution >= 4 is 46.1 Å². The molecule has 3 nitrogen and oxygen atoms in total. The van der Waals surface area contributed by atoms with Gasteiger partial charge in [0.15, 0.2) is 6.54 Å². The summed E-state index contributed by atoms with van der Waals surface area (Å²) in [4.78, 5) is 14.6. The molecule has 0 radical (unpaired) electrons. The summed E-state index contributed by atoms with van der Waals surface area (Å²) in [5.41, 5.74) is 0.556. The number of anilines is 1. The van der Waals surface area contributed by atoms with Crippen LogP contribution in [0.15, 0.2) is 35.7 Å². The van der Waals surface area contributed by atoms with Crippen molar-refractivity contribution in [2.24, 2.45) is 0 Å². The summed E-state index contributed by atoms with van der Waals surface area (Å²) in [5.74, 6) is -0.0624. The van der Waals surface area contributed by atoms with Crippen LogP contribution in [0.5, 0.6) is 0 Å². The molecular weight excluding hydrogens is 327 g/mol. The van der Waals surface area contributed by atoms with Gasteiger partial charge in [-0.1, -0.05) is 29.3 Å². The van der Waals surface area contributed by atoms with Crippen LogP contribution < -0.4 is 10.2 Å². The average Bonchev–Trinajstić information content (AvgIpc) is 2.95. The number of carbonyl (C=O) groups excluding carboxylic acids is 1. The molecule has 1 aromatic heterocycles. The van der Waals surface area contributed by atoms with E-state index in [2.05, 4.69) is 23.7 Å². The van der Waals surface area contributed by atoms with Crippen LogP contribution in [0, 0.1) is 0 Å². The van der Waals surface area contributed by atoms with E-state index in [1.807, 2.05) is 6.07 Å². The Bertz CT molecular complexity index is 602. The number of thiophene rings is 1. The third kappa shape index (κ3) is 5.00. The predicted molar refractivity (Wildman–Crippen MR) is 89.5 cm³/mol. The Labute approximate surface area is 138 Å². The van der Waals surface area contributed by atoms with Crippen LogP contribution in [-0.4, -0.2) is 19.0 Å². The van der Waals surface area contributed by atoms with Gasteiger partial charge in [-0.2, -0.15) is 0 Å². The molecule has 0 bridgehead atoms. The number of likely N-dealkylation sites (N-methyl/N-ethyl adjacent to an activating group) is 1. The van der Waals surface area contributed by atoms with E-state index in [9.17, 15) is 4.79 Å². The molecule has 0 saturated heterocycles. The molecule has 1 heterocycles. The van der Waals surface area contributed by atoms with E-state index in [1.165, 1.54) is 9.78 Å². The maximum absolute atomic E-state index is 12.1. The first-order valence-electron chi connectivity index (χ1n) is 6.69. The Morgan fingerprint density at radius 3 is 2.81 bits per heavy atom. The molecule has 2 rings (SSSR count). The standard InChI is InChI=1S/C15H16Cl2N2OS/c1-2-19(9-12-4-3-7-21-12)10-15(20)18-14-8-11(16)5-6-13(14)17/h3-8H,2,9-10H2,1H3,(H,18,20)/p+1. The molecule has 0 fully saturated rings. The van der Waals surface area contributed by atoms with E-state index in [0.717, 1.165) is 13.1 Å². The number of nitrogens with one attached hydrogen (secondary N) is 2. The fourth-order valence-corrected chi connectivity index (χ4v) is 3.10. The van der Waals surface area contributed by atoms with Crippen molar-refractivity contribution in [2.45, 2.75) is 13.5 Å². The van der Waals surface area contributed by atoms with Crippen LogP contribution in [0.2, 0.25) is 10.0 Å². The van der Waals surface area contributed by atoms with E-state index in [-0.39, 0.29) is 5.91 Å². The normalized spacial score (nSPS) is 12.1. The second kappa shape index (κ2) is 7.80. The zero-order valence-corrected chi connectivity index (χ0v) is 14.0. The smallest absolute Gasteiger partial charge is 0.279 e. The molecule has 0 aliphatic carbocycles. The van der Waals surface area contributed by atoms with Crippen molar-refractivity contribution in [1.82, 2.24) is 0 Å². The summed E-state index contributed by atoms with van der Waals surface area (Å²) in [5, 5.41) is 5.91. The SMILES string of the molecule is CC[NH+](CC(=O)Nc1cc(Cl)ccc1Cl)Cc1cccs1. The summed E-state index contributed by atoms with van der Waals surface area (Å²) in [6.07, 6.45) is 0. The van der Waals surface area contributed by atoms with Crippen molar-refractivity contribution < 1.29 is 9.69 Å².